The van der Waals surface area contributed by atoms with Crippen LogP contribution >= 0.6 is 0 Å². The highest BCUT2D eigenvalue weighted by Crippen LogP contribution is 2.14. The van der Waals surface area contributed by atoms with Crippen molar-refractivity contribution in [2.45, 2.75) is 84.5 Å². The lowest BCUT2D eigenvalue weighted by molar-refractivity contribution is -0.142. The second-order valence-corrected chi connectivity index (χ2v) is 11.7. The Bertz CT molecular complexity index is 1350. The van der Waals surface area contributed by atoms with E-state index in [2.05, 4.69) is 21.3 Å². The average molecular weight is 644 g/mol. The molecule has 1 aromatic rings. The summed E-state index contributed by atoms with van der Waals surface area (Å²) in [5.74, 6) is -5.49. The van der Waals surface area contributed by atoms with Crippen molar-refractivity contribution in [2.75, 3.05) is 11.9 Å². The van der Waals surface area contributed by atoms with Gasteiger partial charge >= 0.3 is 11.9 Å². The fraction of sp³-hybridized carbons (Fsp3) is 0.484. The zero-order chi connectivity index (χ0) is 34.6. The fourth-order valence-corrected chi connectivity index (χ4v) is 4.26. The van der Waals surface area contributed by atoms with E-state index in [1.165, 1.54) is 20.8 Å². The smallest absolute Gasteiger partial charge is 0.303 e. The number of hydrogen-bond donors (Lipinski definition) is 5. The molecule has 1 aliphatic rings. The fourth-order valence-electron chi connectivity index (χ4n) is 4.26. The van der Waals surface area contributed by atoms with Crippen molar-refractivity contribution < 1.29 is 48.2 Å². The van der Waals surface area contributed by atoms with Crippen LogP contribution in [-0.4, -0.2) is 81.6 Å². The first kappa shape index (κ1) is 37.1. The van der Waals surface area contributed by atoms with E-state index in [9.17, 15) is 43.5 Å². The van der Waals surface area contributed by atoms with Crippen LogP contribution in [0.1, 0.15) is 65.9 Å². The van der Waals surface area contributed by atoms with E-state index in [-0.39, 0.29) is 38.3 Å². The first-order chi connectivity index (χ1) is 21.5. The summed E-state index contributed by atoms with van der Waals surface area (Å²) in [7, 11) is 0. The number of carboxylic acid groups (broad SMARTS) is 1. The second kappa shape index (κ2) is 16.8. The van der Waals surface area contributed by atoms with Gasteiger partial charge in [0.15, 0.2) is 0 Å². The lowest BCUT2D eigenvalue weighted by Gasteiger charge is -2.30. The van der Waals surface area contributed by atoms with E-state index in [1.807, 2.05) is 13.8 Å². The molecule has 5 N–H and O–H groups in total. The lowest BCUT2D eigenvalue weighted by Crippen LogP contribution is -2.61. The molecule has 6 amide bonds. The average Bonchev–Trinajstić information content (AvgIpc) is 3.28. The zero-order valence-corrected chi connectivity index (χ0v) is 26.5. The minimum absolute atomic E-state index is 0.0428. The third-order valence-corrected chi connectivity index (χ3v) is 6.76. The molecule has 15 nitrogen and oxygen atoms in total. The molecule has 250 valence electrons. The summed E-state index contributed by atoms with van der Waals surface area (Å²) < 4.78 is 4.93. The number of ether oxygens (including phenoxy) is 1. The van der Waals surface area contributed by atoms with Crippen molar-refractivity contribution in [1.82, 2.24) is 20.9 Å². The minimum atomic E-state index is -1.60. The number of carbonyl (C=O) groups excluding carboxylic acids is 7. The van der Waals surface area contributed by atoms with E-state index in [0.717, 1.165) is 17.1 Å². The molecular weight excluding hydrogens is 602 g/mol. The van der Waals surface area contributed by atoms with Crippen LogP contribution in [0.2, 0.25) is 0 Å². The number of imide groups is 1. The standard InChI is InChI=1S/C31H41N5O10/c1-18(2)16-23(33-24(38)14-15-36-25(39)11-12-26(36)40)29(44)35-31(4,5)30(45)34-22(10-13-27(41)42)28(43)32-21-8-6-20(7-9-21)17-46-19(3)37/h6-9,11-12,18,22-23H,10,13-17H2,1-5H3,(H,32,43)(H,33,38)(H,34,45)(H,35,44)(H,41,42)/t22-,23+/m0/s1. The van der Waals surface area contributed by atoms with Crippen LogP contribution in [0.3, 0.4) is 0 Å². The molecule has 0 aliphatic carbocycles. The van der Waals surface area contributed by atoms with E-state index in [0.29, 0.717) is 11.3 Å². The summed E-state index contributed by atoms with van der Waals surface area (Å²) in [4.78, 5) is 99.0. The Labute approximate surface area is 266 Å². The molecule has 46 heavy (non-hydrogen) atoms. The molecule has 0 radical (unpaired) electrons. The normalized spacial score (nSPS) is 14.0. The van der Waals surface area contributed by atoms with Crippen LogP contribution in [-0.2, 0) is 49.7 Å². The summed E-state index contributed by atoms with van der Waals surface area (Å²) in [5.41, 5.74) is -0.583. The summed E-state index contributed by atoms with van der Waals surface area (Å²) >= 11 is 0. The Hall–Kier alpha value is -5.08. The van der Waals surface area contributed by atoms with Gasteiger partial charge in [0, 0.05) is 44.1 Å². The number of anilines is 1. The number of hydrogen-bond acceptors (Lipinski definition) is 9. The van der Waals surface area contributed by atoms with Crippen molar-refractivity contribution in [3.05, 3.63) is 42.0 Å². The van der Waals surface area contributed by atoms with Crippen LogP contribution < -0.4 is 21.3 Å². The van der Waals surface area contributed by atoms with Crippen LogP contribution in [0, 0.1) is 5.92 Å². The quantitative estimate of drug-likeness (QED) is 0.119. The van der Waals surface area contributed by atoms with E-state index < -0.39 is 71.4 Å². The largest absolute Gasteiger partial charge is 0.481 e. The van der Waals surface area contributed by atoms with Gasteiger partial charge in [0.25, 0.3) is 11.8 Å². The Morgan fingerprint density at radius 2 is 1.50 bits per heavy atom. The topological polar surface area (TPSA) is 217 Å². The highest BCUT2D eigenvalue weighted by molar-refractivity contribution is 6.13. The molecule has 15 heteroatoms. The van der Waals surface area contributed by atoms with Crippen molar-refractivity contribution >= 4 is 53.1 Å². The van der Waals surface area contributed by atoms with Crippen molar-refractivity contribution in [1.29, 1.82) is 0 Å². The maximum absolute atomic E-state index is 13.3. The Kier molecular flexibility index (Phi) is 13.6. The number of nitrogens with zero attached hydrogens (tertiary/aromatic N) is 1. The van der Waals surface area contributed by atoms with E-state index in [4.69, 9.17) is 4.74 Å². The highest BCUT2D eigenvalue weighted by atomic mass is 16.5. The first-order valence-electron chi connectivity index (χ1n) is 14.7. The van der Waals surface area contributed by atoms with Gasteiger partial charge in [-0.05, 0) is 50.3 Å². The van der Waals surface area contributed by atoms with Gasteiger partial charge in [0.05, 0.1) is 0 Å². The number of carbonyl (C=O) groups is 8. The number of aliphatic carboxylic acids is 1. The van der Waals surface area contributed by atoms with Gasteiger partial charge in [0.2, 0.25) is 23.6 Å². The van der Waals surface area contributed by atoms with Crippen LogP contribution in [0.4, 0.5) is 5.69 Å². The molecule has 0 spiro atoms. The third-order valence-electron chi connectivity index (χ3n) is 6.76. The number of benzene rings is 1. The molecule has 1 aliphatic heterocycles. The number of nitrogens with one attached hydrogen (secondary N) is 4. The molecule has 0 unspecified atom stereocenters. The molecular formula is C31H41N5O10. The summed E-state index contributed by atoms with van der Waals surface area (Å²) in [5, 5.41) is 19.5. The minimum Gasteiger partial charge on any atom is -0.481 e. The Balaban J connectivity index is 2.06. The molecule has 0 saturated heterocycles. The van der Waals surface area contributed by atoms with Crippen molar-refractivity contribution in [2.24, 2.45) is 5.92 Å². The van der Waals surface area contributed by atoms with Crippen LogP contribution in [0.15, 0.2) is 36.4 Å². The van der Waals surface area contributed by atoms with Gasteiger partial charge < -0.3 is 31.1 Å². The van der Waals surface area contributed by atoms with E-state index >= 15 is 0 Å². The monoisotopic (exact) mass is 643 g/mol. The number of amides is 6. The predicted molar refractivity (Wildman–Crippen MR) is 163 cm³/mol. The molecule has 1 heterocycles. The summed E-state index contributed by atoms with van der Waals surface area (Å²) in [6, 6.07) is 4.01. The van der Waals surface area contributed by atoms with Crippen LogP contribution in [0.25, 0.3) is 0 Å². The van der Waals surface area contributed by atoms with Gasteiger partial charge in [-0.2, -0.15) is 0 Å². The van der Waals surface area contributed by atoms with Crippen LogP contribution in [0.5, 0.6) is 0 Å². The molecule has 2 rings (SSSR count). The second-order valence-electron chi connectivity index (χ2n) is 11.7. The van der Waals surface area contributed by atoms with Crippen molar-refractivity contribution in [3.8, 4) is 0 Å². The zero-order valence-electron chi connectivity index (χ0n) is 26.5. The number of esters is 1. The maximum Gasteiger partial charge on any atom is 0.303 e. The molecule has 0 aromatic heterocycles. The third kappa shape index (κ3) is 12.1. The molecule has 0 saturated carbocycles. The summed E-state index contributed by atoms with van der Waals surface area (Å²) in [6.07, 6.45) is 1.50. The number of carboxylic acids is 1. The first-order valence-corrected chi connectivity index (χ1v) is 14.7. The Morgan fingerprint density at radius 1 is 0.891 bits per heavy atom. The molecule has 0 bridgehead atoms. The maximum atomic E-state index is 13.3. The predicted octanol–water partition coefficient (Wildman–Crippen LogP) is 0.779. The van der Waals surface area contributed by atoms with Crippen molar-refractivity contribution in [3.63, 3.8) is 0 Å². The summed E-state index contributed by atoms with van der Waals surface area (Å²) in [6.45, 7) is 7.59. The SMILES string of the molecule is CC(=O)OCc1ccc(NC(=O)[C@H](CCC(=O)O)NC(=O)C(C)(C)NC(=O)[C@@H](CC(C)C)NC(=O)CCN2C(=O)C=CC2=O)cc1. The molecule has 1 aromatic carbocycles. The highest BCUT2D eigenvalue weighted by Gasteiger charge is 2.35. The van der Waals surface area contributed by atoms with Gasteiger partial charge in [0.1, 0.15) is 24.2 Å². The van der Waals surface area contributed by atoms with Gasteiger partial charge in [-0.15, -0.1) is 0 Å². The molecule has 0 fully saturated rings. The van der Waals surface area contributed by atoms with Gasteiger partial charge in [-0.25, -0.2) is 0 Å². The van der Waals surface area contributed by atoms with Gasteiger partial charge in [-0.3, -0.25) is 43.3 Å². The number of rotatable bonds is 17. The van der Waals surface area contributed by atoms with Gasteiger partial charge in [-0.1, -0.05) is 26.0 Å². The Morgan fingerprint density at radius 3 is 2.04 bits per heavy atom. The molecule has 2 atom stereocenters. The van der Waals surface area contributed by atoms with E-state index in [1.54, 1.807) is 24.3 Å². The lowest BCUT2D eigenvalue weighted by atomic mass is 9.98.